The van der Waals surface area contributed by atoms with E-state index in [1.807, 2.05) is 0 Å². The number of rotatable bonds is 6. The van der Waals surface area contributed by atoms with Crippen LogP contribution in [0.4, 0.5) is 0 Å². The largest absolute Gasteiger partial charge is 0.444 e. The summed E-state index contributed by atoms with van der Waals surface area (Å²) < 4.78 is 6.55. The molecule has 29 heavy (non-hydrogen) atoms. The van der Waals surface area contributed by atoms with Gasteiger partial charge in [-0.25, -0.2) is 9.36 Å². The number of hydrogen-bond acceptors (Lipinski definition) is 5. The predicted octanol–water partition coefficient (Wildman–Crippen LogP) is 1.79. The Morgan fingerprint density at radius 3 is 2.66 bits per heavy atom. The molecule has 1 amide bonds. The van der Waals surface area contributed by atoms with Gasteiger partial charge in [0.15, 0.2) is 0 Å². The van der Waals surface area contributed by atoms with E-state index in [0.717, 1.165) is 4.57 Å². The van der Waals surface area contributed by atoms with E-state index in [1.54, 1.807) is 37.3 Å². The van der Waals surface area contributed by atoms with Crippen molar-refractivity contribution in [2.75, 3.05) is 13.6 Å². The fourth-order valence-electron chi connectivity index (χ4n) is 3.59. The topological polar surface area (TPSA) is 100 Å². The number of para-hydroxylation sites is 1. The predicted molar refractivity (Wildman–Crippen MR) is 110 cm³/mol. The zero-order valence-electron chi connectivity index (χ0n) is 16.7. The van der Waals surface area contributed by atoms with Crippen LogP contribution in [0.5, 0.6) is 0 Å². The Morgan fingerprint density at radius 1 is 1.31 bits per heavy atom. The molecule has 8 heteroatoms. The number of benzene rings is 1. The molecule has 1 unspecified atom stereocenters. The third kappa shape index (κ3) is 3.51. The van der Waals surface area contributed by atoms with Crippen LogP contribution in [0.25, 0.3) is 16.8 Å². The lowest BCUT2D eigenvalue weighted by molar-refractivity contribution is 0.0939. The van der Waals surface area contributed by atoms with Gasteiger partial charge in [-0.3, -0.25) is 19.5 Å². The molecule has 0 aliphatic heterocycles. The Morgan fingerprint density at radius 2 is 2.00 bits per heavy atom. The molecular formula is C21H24N4O4. The molecule has 0 saturated heterocycles. The molecule has 0 spiro atoms. The van der Waals surface area contributed by atoms with Crippen molar-refractivity contribution in [3.63, 3.8) is 0 Å². The number of H-pyrrole nitrogens is 1. The first-order valence-electron chi connectivity index (χ1n) is 9.72. The first kappa shape index (κ1) is 19.2. The third-order valence-electron chi connectivity index (χ3n) is 5.54. The Kier molecular flexibility index (Phi) is 4.87. The number of amides is 1. The van der Waals surface area contributed by atoms with Gasteiger partial charge in [-0.05, 0) is 45.9 Å². The molecular weight excluding hydrogens is 372 g/mol. The van der Waals surface area contributed by atoms with Crippen molar-refractivity contribution in [3.8, 4) is 5.69 Å². The van der Waals surface area contributed by atoms with Crippen LogP contribution in [0, 0.1) is 6.92 Å². The molecule has 8 nitrogen and oxygen atoms in total. The number of hydrogen-bond donors (Lipinski definition) is 2. The zero-order valence-corrected chi connectivity index (χ0v) is 16.7. The molecule has 2 heterocycles. The number of aryl methyl sites for hydroxylation is 1. The van der Waals surface area contributed by atoms with E-state index in [9.17, 15) is 14.4 Å². The lowest BCUT2D eigenvalue weighted by atomic mass is 10.1. The molecule has 1 aliphatic rings. The molecule has 3 aromatic rings. The highest BCUT2D eigenvalue weighted by Crippen LogP contribution is 2.27. The summed E-state index contributed by atoms with van der Waals surface area (Å²) in [6.07, 6.45) is 2.37. The maximum absolute atomic E-state index is 13.1. The molecule has 2 N–H and O–H groups in total. The molecule has 1 aliphatic carbocycles. The Balaban J connectivity index is 1.71. The Labute approximate surface area is 167 Å². The summed E-state index contributed by atoms with van der Waals surface area (Å²) >= 11 is 0. The fourth-order valence-corrected chi connectivity index (χ4v) is 3.59. The molecule has 152 valence electrons. The highest BCUT2D eigenvalue weighted by molar-refractivity contribution is 6.06. The second-order valence-electron chi connectivity index (χ2n) is 7.60. The molecule has 2 aromatic heterocycles. The summed E-state index contributed by atoms with van der Waals surface area (Å²) in [5.41, 5.74) is -0.607. The molecule has 1 aromatic carbocycles. The van der Waals surface area contributed by atoms with Gasteiger partial charge in [-0.1, -0.05) is 18.2 Å². The number of likely N-dealkylation sites (N-methyl/N-ethyl adjacent to an activating group) is 1. The minimum Gasteiger partial charge on any atom is -0.444 e. The lowest BCUT2D eigenvalue weighted by Crippen LogP contribution is -2.41. The van der Waals surface area contributed by atoms with Gasteiger partial charge < -0.3 is 9.73 Å². The highest BCUT2D eigenvalue weighted by Gasteiger charge is 2.30. The van der Waals surface area contributed by atoms with Gasteiger partial charge in [-0.15, -0.1) is 0 Å². The number of nitrogens with one attached hydrogen (secondary N) is 2. The van der Waals surface area contributed by atoms with E-state index in [-0.39, 0.29) is 28.6 Å². The Bertz CT molecular complexity index is 1170. The normalized spacial score (nSPS) is 15.0. The first-order valence-corrected chi connectivity index (χ1v) is 9.72. The van der Waals surface area contributed by atoms with E-state index in [1.165, 1.54) is 12.8 Å². The highest BCUT2D eigenvalue weighted by atomic mass is 16.3. The van der Waals surface area contributed by atoms with Crippen LogP contribution in [0.1, 0.15) is 35.9 Å². The SMILES string of the molecule is Cc1oc2[nH]c(=O)n(-c3ccccc3)c(=O)c2c1C(=O)NCC(C)N(C)C1CC1. The number of aromatic nitrogens is 2. The van der Waals surface area contributed by atoms with Crippen molar-refractivity contribution in [1.29, 1.82) is 0 Å². The van der Waals surface area contributed by atoms with E-state index in [4.69, 9.17) is 4.42 Å². The Hall–Kier alpha value is -3.13. The van der Waals surface area contributed by atoms with Gasteiger partial charge in [-0.2, -0.15) is 0 Å². The van der Waals surface area contributed by atoms with Gasteiger partial charge in [0.1, 0.15) is 11.1 Å². The summed E-state index contributed by atoms with van der Waals surface area (Å²) in [4.78, 5) is 43.3. The summed E-state index contributed by atoms with van der Waals surface area (Å²) in [5, 5.41) is 2.98. The first-order chi connectivity index (χ1) is 13.9. The third-order valence-corrected chi connectivity index (χ3v) is 5.54. The second kappa shape index (κ2) is 7.36. The van der Waals surface area contributed by atoms with E-state index >= 15 is 0 Å². The van der Waals surface area contributed by atoms with Gasteiger partial charge in [0.25, 0.3) is 11.5 Å². The summed E-state index contributed by atoms with van der Waals surface area (Å²) in [6.45, 7) is 4.12. The lowest BCUT2D eigenvalue weighted by Gasteiger charge is -2.24. The van der Waals surface area contributed by atoms with E-state index in [0.29, 0.717) is 24.0 Å². The molecule has 0 bridgehead atoms. The average molecular weight is 396 g/mol. The van der Waals surface area contributed by atoms with Crippen LogP contribution in [-0.2, 0) is 0 Å². The molecule has 1 saturated carbocycles. The molecule has 1 fully saturated rings. The maximum atomic E-state index is 13.1. The smallest absolute Gasteiger partial charge is 0.335 e. The maximum Gasteiger partial charge on any atom is 0.335 e. The van der Waals surface area contributed by atoms with Crippen molar-refractivity contribution in [2.24, 2.45) is 0 Å². The van der Waals surface area contributed by atoms with E-state index in [2.05, 4.69) is 29.2 Å². The quantitative estimate of drug-likeness (QED) is 0.662. The van der Waals surface area contributed by atoms with Crippen LogP contribution in [0.2, 0.25) is 0 Å². The number of aromatic amines is 1. The fraction of sp³-hybridized carbons (Fsp3) is 0.381. The molecule has 0 radical (unpaired) electrons. The molecule has 4 rings (SSSR count). The number of fused-ring (bicyclic) bond motifs is 1. The van der Waals surface area contributed by atoms with Gasteiger partial charge >= 0.3 is 5.69 Å². The summed E-state index contributed by atoms with van der Waals surface area (Å²) in [5.74, 6) is -0.0969. The van der Waals surface area contributed by atoms with Crippen LogP contribution in [-0.4, -0.2) is 46.0 Å². The number of furan rings is 1. The number of nitrogens with zero attached hydrogens (tertiary/aromatic N) is 2. The van der Waals surface area contributed by atoms with Crippen molar-refractivity contribution in [1.82, 2.24) is 19.8 Å². The number of carbonyl (C=O) groups is 1. The van der Waals surface area contributed by atoms with Crippen LogP contribution < -0.4 is 16.6 Å². The zero-order chi connectivity index (χ0) is 20.7. The van der Waals surface area contributed by atoms with Crippen molar-refractivity contribution in [2.45, 2.75) is 38.8 Å². The van der Waals surface area contributed by atoms with Crippen LogP contribution in [0.15, 0.2) is 44.3 Å². The van der Waals surface area contributed by atoms with Gasteiger partial charge in [0.2, 0.25) is 5.71 Å². The van der Waals surface area contributed by atoms with Crippen LogP contribution in [0.3, 0.4) is 0 Å². The average Bonchev–Trinajstić information content (AvgIpc) is 3.49. The van der Waals surface area contributed by atoms with Crippen molar-refractivity contribution in [3.05, 3.63) is 62.5 Å². The van der Waals surface area contributed by atoms with Crippen LogP contribution >= 0.6 is 0 Å². The summed E-state index contributed by atoms with van der Waals surface area (Å²) in [6, 6.07) is 9.33. The van der Waals surface area contributed by atoms with E-state index < -0.39 is 11.2 Å². The van der Waals surface area contributed by atoms with Gasteiger partial charge in [0.05, 0.1) is 11.3 Å². The second-order valence-corrected chi connectivity index (χ2v) is 7.60. The number of carbonyl (C=O) groups excluding carboxylic acids is 1. The summed E-state index contributed by atoms with van der Waals surface area (Å²) in [7, 11) is 2.05. The van der Waals surface area contributed by atoms with Crippen molar-refractivity contribution < 1.29 is 9.21 Å². The van der Waals surface area contributed by atoms with Crippen molar-refractivity contribution >= 4 is 17.0 Å². The minimum atomic E-state index is -0.617. The van der Waals surface area contributed by atoms with Gasteiger partial charge in [0, 0.05) is 18.6 Å². The molecule has 1 atom stereocenters. The monoisotopic (exact) mass is 396 g/mol. The standard InChI is InChI=1S/C21H24N4O4/c1-12(24(3)14-9-10-14)11-22-18(26)16-13(2)29-19-17(16)20(27)25(21(28)23-19)15-7-5-4-6-8-15/h4-8,12,14H,9-11H2,1-3H3,(H,22,26)(H,23,28). The minimum absolute atomic E-state index is 0.0120.